The van der Waals surface area contributed by atoms with Crippen molar-refractivity contribution in [3.63, 3.8) is 0 Å². The van der Waals surface area contributed by atoms with Gasteiger partial charge in [0, 0.05) is 0 Å². The SMILES string of the molecule is C1=C\C2=C(/C=c3/cccc/c3=C/1)CCCC2. The third-order valence-corrected chi connectivity index (χ3v) is 3.45. The van der Waals surface area contributed by atoms with Crippen molar-refractivity contribution in [1.29, 1.82) is 0 Å². The van der Waals surface area contributed by atoms with Crippen LogP contribution in [0.15, 0.2) is 47.6 Å². The van der Waals surface area contributed by atoms with Crippen LogP contribution < -0.4 is 10.4 Å². The highest BCUT2D eigenvalue weighted by Gasteiger charge is 2.08. The highest BCUT2D eigenvalue weighted by atomic mass is 14.1. The first kappa shape index (κ1) is 9.65. The van der Waals surface area contributed by atoms with Crippen LogP contribution in [-0.2, 0) is 0 Å². The van der Waals surface area contributed by atoms with Crippen LogP contribution in [0.1, 0.15) is 25.7 Å². The molecule has 16 heavy (non-hydrogen) atoms. The largest absolute Gasteiger partial charge is 0.0616 e. The average Bonchev–Trinajstić information content (AvgIpc) is 2.29. The molecule has 0 heterocycles. The van der Waals surface area contributed by atoms with Crippen molar-refractivity contribution < 1.29 is 0 Å². The molecular weight excluding hydrogens is 192 g/mol. The summed E-state index contributed by atoms with van der Waals surface area (Å²) < 4.78 is 0. The summed E-state index contributed by atoms with van der Waals surface area (Å²) in [5, 5.41) is 2.69. The molecule has 2 aliphatic carbocycles. The minimum absolute atomic E-state index is 1.24. The first-order chi connectivity index (χ1) is 7.93. The van der Waals surface area contributed by atoms with Crippen molar-refractivity contribution in [3.8, 4) is 0 Å². The number of allylic oxidation sites excluding steroid dienone is 4. The summed E-state index contributed by atoms with van der Waals surface area (Å²) >= 11 is 0. The van der Waals surface area contributed by atoms with Gasteiger partial charge in [-0.1, -0.05) is 48.6 Å². The molecule has 0 amide bonds. The fraction of sp³-hybridized carbons (Fsp3) is 0.250. The van der Waals surface area contributed by atoms with Crippen LogP contribution in [0.3, 0.4) is 0 Å². The summed E-state index contributed by atoms with van der Waals surface area (Å²) in [6, 6.07) is 8.63. The Hall–Kier alpha value is -1.56. The zero-order chi connectivity index (χ0) is 10.8. The molecule has 0 spiro atoms. The summed E-state index contributed by atoms with van der Waals surface area (Å²) in [4.78, 5) is 0. The van der Waals surface area contributed by atoms with Gasteiger partial charge in [-0.3, -0.25) is 0 Å². The van der Waals surface area contributed by atoms with Crippen LogP contribution in [0.4, 0.5) is 0 Å². The lowest BCUT2D eigenvalue weighted by molar-refractivity contribution is 0.698. The van der Waals surface area contributed by atoms with Gasteiger partial charge in [0.15, 0.2) is 0 Å². The molecular formula is C16H16. The highest BCUT2D eigenvalue weighted by molar-refractivity contribution is 5.57. The zero-order valence-electron chi connectivity index (χ0n) is 9.45. The molecule has 0 heteroatoms. The fourth-order valence-electron chi connectivity index (χ4n) is 2.56. The molecule has 0 atom stereocenters. The van der Waals surface area contributed by atoms with Crippen LogP contribution in [0.5, 0.6) is 0 Å². The van der Waals surface area contributed by atoms with Crippen molar-refractivity contribution in [2.75, 3.05) is 0 Å². The van der Waals surface area contributed by atoms with Crippen molar-refractivity contribution in [2.24, 2.45) is 0 Å². The Labute approximate surface area is 96.3 Å². The predicted molar refractivity (Wildman–Crippen MR) is 69.3 cm³/mol. The van der Waals surface area contributed by atoms with E-state index in [9.17, 15) is 0 Å². The Bertz CT molecular complexity index is 570. The van der Waals surface area contributed by atoms with E-state index in [1.807, 2.05) is 0 Å². The van der Waals surface area contributed by atoms with Crippen LogP contribution in [-0.4, -0.2) is 0 Å². The Kier molecular flexibility index (Phi) is 2.49. The highest BCUT2D eigenvalue weighted by Crippen LogP contribution is 2.26. The van der Waals surface area contributed by atoms with E-state index in [1.165, 1.54) is 41.7 Å². The second-order valence-electron chi connectivity index (χ2n) is 4.56. The number of benzene rings is 1. The van der Waals surface area contributed by atoms with Gasteiger partial charge in [-0.2, -0.15) is 0 Å². The van der Waals surface area contributed by atoms with Crippen molar-refractivity contribution in [2.45, 2.75) is 25.7 Å². The lowest BCUT2D eigenvalue weighted by Gasteiger charge is -2.16. The number of hydrogen-bond acceptors (Lipinski definition) is 0. The van der Waals surface area contributed by atoms with Gasteiger partial charge in [0.25, 0.3) is 0 Å². The Morgan fingerprint density at radius 2 is 1.56 bits per heavy atom. The normalized spacial score (nSPS) is 25.0. The molecule has 80 valence electrons. The van der Waals surface area contributed by atoms with Crippen molar-refractivity contribution in [3.05, 3.63) is 58.0 Å². The van der Waals surface area contributed by atoms with E-state index in [4.69, 9.17) is 0 Å². The van der Waals surface area contributed by atoms with Crippen molar-refractivity contribution >= 4 is 12.2 Å². The monoisotopic (exact) mass is 208 g/mol. The molecule has 3 rings (SSSR count). The minimum Gasteiger partial charge on any atom is -0.0616 e. The molecule has 1 aromatic rings. The Morgan fingerprint density at radius 1 is 0.812 bits per heavy atom. The summed E-state index contributed by atoms with van der Waals surface area (Å²) in [5.41, 5.74) is 3.08. The summed E-state index contributed by atoms with van der Waals surface area (Å²) in [6.07, 6.45) is 14.3. The van der Waals surface area contributed by atoms with Gasteiger partial charge in [0.05, 0.1) is 0 Å². The zero-order valence-corrected chi connectivity index (χ0v) is 9.45. The van der Waals surface area contributed by atoms with Gasteiger partial charge in [0.2, 0.25) is 0 Å². The maximum absolute atomic E-state index is 2.38. The van der Waals surface area contributed by atoms with E-state index in [2.05, 4.69) is 48.6 Å². The van der Waals surface area contributed by atoms with Gasteiger partial charge in [0.1, 0.15) is 0 Å². The van der Waals surface area contributed by atoms with E-state index in [0.29, 0.717) is 0 Å². The van der Waals surface area contributed by atoms with E-state index < -0.39 is 0 Å². The molecule has 0 saturated carbocycles. The Morgan fingerprint density at radius 3 is 2.44 bits per heavy atom. The molecule has 0 aromatic heterocycles. The fourth-order valence-corrected chi connectivity index (χ4v) is 2.56. The van der Waals surface area contributed by atoms with E-state index >= 15 is 0 Å². The maximum atomic E-state index is 2.38. The first-order valence-corrected chi connectivity index (χ1v) is 6.11. The van der Waals surface area contributed by atoms with Crippen LogP contribution >= 0.6 is 0 Å². The van der Waals surface area contributed by atoms with Crippen LogP contribution in [0.2, 0.25) is 0 Å². The standard InChI is InChI=1S/C16H16/c1-3-8-15-12-16-9-4-2-7-14(16)11-5-10-13(15)6-1/h1,3,5-6,8,10-12H,2,4,7,9H2/b10-5?,11-5-,13-10-,14-11?,15-12-,16-12?. The van der Waals surface area contributed by atoms with Gasteiger partial charge < -0.3 is 0 Å². The van der Waals surface area contributed by atoms with Gasteiger partial charge in [-0.05, 0) is 47.3 Å². The first-order valence-electron chi connectivity index (χ1n) is 6.11. The third kappa shape index (κ3) is 1.76. The topological polar surface area (TPSA) is 0 Å². The van der Waals surface area contributed by atoms with Crippen molar-refractivity contribution in [1.82, 2.24) is 0 Å². The van der Waals surface area contributed by atoms with Crippen LogP contribution in [0, 0.1) is 0 Å². The van der Waals surface area contributed by atoms with Gasteiger partial charge in [-0.25, -0.2) is 0 Å². The molecule has 0 aliphatic heterocycles. The molecule has 0 saturated heterocycles. The number of rotatable bonds is 0. The second-order valence-corrected chi connectivity index (χ2v) is 4.56. The lowest BCUT2D eigenvalue weighted by Crippen LogP contribution is -2.24. The molecule has 2 aliphatic rings. The lowest BCUT2D eigenvalue weighted by atomic mass is 9.90. The summed E-state index contributed by atoms with van der Waals surface area (Å²) in [7, 11) is 0. The molecule has 0 fully saturated rings. The van der Waals surface area contributed by atoms with E-state index in [0.717, 1.165) is 0 Å². The summed E-state index contributed by atoms with van der Waals surface area (Å²) in [6.45, 7) is 0. The summed E-state index contributed by atoms with van der Waals surface area (Å²) in [5.74, 6) is 0. The second kappa shape index (κ2) is 4.13. The smallest absolute Gasteiger partial charge is 0.0181 e. The molecule has 0 bridgehead atoms. The predicted octanol–water partition coefficient (Wildman–Crippen LogP) is 2.69. The van der Waals surface area contributed by atoms with Gasteiger partial charge in [-0.15, -0.1) is 0 Å². The minimum atomic E-state index is 1.24. The Balaban J connectivity index is 2.25. The van der Waals surface area contributed by atoms with E-state index in [1.54, 1.807) is 5.57 Å². The molecule has 0 N–H and O–H groups in total. The van der Waals surface area contributed by atoms with Crippen LogP contribution in [0.25, 0.3) is 12.2 Å². The molecule has 1 aromatic carbocycles. The maximum Gasteiger partial charge on any atom is -0.0181 e. The number of fused-ring (bicyclic) bond motifs is 1. The average molecular weight is 208 g/mol. The van der Waals surface area contributed by atoms with E-state index in [-0.39, 0.29) is 0 Å². The quantitative estimate of drug-likeness (QED) is 0.615. The molecule has 0 radical (unpaired) electrons. The molecule has 0 unspecified atom stereocenters. The molecule has 0 nitrogen and oxygen atoms in total. The van der Waals surface area contributed by atoms with Gasteiger partial charge >= 0.3 is 0 Å². The third-order valence-electron chi connectivity index (χ3n) is 3.45. The number of hydrogen-bond donors (Lipinski definition) is 0.